The van der Waals surface area contributed by atoms with Crippen LogP contribution in [0.25, 0.3) is 0 Å². The molecule has 4 rings (SSSR count). The zero-order valence-corrected chi connectivity index (χ0v) is 21.5. The Bertz CT molecular complexity index is 837. The molecular weight excluding hydrogens is 404 g/mol. The van der Waals surface area contributed by atoms with Crippen molar-refractivity contribution in [3.05, 3.63) is 47.5 Å². The molecule has 33 heavy (non-hydrogen) atoms. The van der Waals surface area contributed by atoms with Crippen LogP contribution in [-0.4, -0.2) is 38.8 Å². The quantitative estimate of drug-likeness (QED) is 0.382. The van der Waals surface area contributed by atoms with E-state index >= 15 is 0 Å². The molecule has 1 aliphatic heterocycles. The topological polar surface area (TPSA) is 34.0 Å². The number of likely N-dealkylation sites (tertiary alicyclic amines) is 1. The van der Waals surface area contributed by atoms with E-state index in [1.54, 1.807) is 5.56 Å². The molecule has 4 heteroatoms. The van der Waals surface area contributed by atoms with Crippen molar-refractivity contribution in [1.29, 1.82) is 0 Å². The molecule has 0 radical (unpaired) electrons. The normalized spacial score (nSPS) is 22.2. The van der Waals surface area contributed by atoms with E-state index in [0.29, 0.717) is 18.0 Å². The Labute approximate surface area is 202 Å². The molecule has 2 fully saturated rings. The second-order valence-electron chi connectivity index (χ2n) is 11.0. The van der Waals surface area contributed by atoms with E-state index in [4.69, 9.17) is 0 Å². The molecule has 1 aromatic carbocycles. The summed E-state index contributed by atoms with van der Waals surface area (Å²) in [7, 11) is 0. The minimum Gasteiger partial charge on any atom is -0.312 e. The lowest BCUT2D eigenvalue weighted by atomic mass is 9.75. The molecule has 1 saturated heterocycles. The van der Waals surface area contributed by atoms with E-state index in [2.05, 4.69) is 77.7 Å². The second kappa shape index (κ2) is 11.6. The van der Waals surface area contributed by atoms with Crippen LogP contribution < -0.4 is 0 Å². The van der Waals surface area contributed by atoms with Gasteiger partial charge >= 0.3 is 0 Å². The van der Waals surface area contributed by atoms with Gasteiger partial charge in [-0.2, -0.15) is 0 Å². The van der Waals surface area contributed by atoms with Gasteiger partial charge in [-0.15, -0.1) is 10.2 Å². The van der Waals surface area contributed by atoms with Crippen LogP contribution in [-0.2, 0) is 0 Å². The molecule has 4 nitrogen and oxygen atoms in total. The molecule has 2 aliphatic rings. The van der Waals surface area contributed by atoms with Gasteiger partial charge in [-0.05, 0) is 82.4 Å². The van der Waals surface area contributed by atoms with Gasteiger partial charge in [-0.3, -0.25) is 0 Å². The number of rotatable bonds is 10. The summed E-state index contributed by atoms with van der Waals surface area (Å²) in [5.74, 6) is 4.25. The zero-order valence-electron chi connectivity index (χ0n) is 21.5. The fourth-order valence-electron chi connectivity index (χ4n) is 6.67. The number of hydrogen-bond acceptors (Lipinski definition) is 3. The molecule has 2 heterocycles. The average Bonchev–Trinajstić information content (AvgIpc) is 3.45. The lowest BCUT2D eigenvalue weighted by Gasteiger charge is -2.34. The Morgan fingerprint density at radius 2 is 1.73 bits per heavy atom. The summed E-state index contributed by atoms with van der Waals surface area (Å²) in [6.07, 6.45) is 13.5. The van der Waals surface area contributed by atoms with Crippen molar-refractivity contribution < 1.29 is 0 Å². The van der Waals surface area contributed by atoms with Gasteiger partial charge in [0.1, 0.15) is 11.6 Å². The lowest BCUT2D eigenvalue weighted by Crippen LogP contribution is -2.34. The molecule has 1 aliphatic carbocycles. The first-order valence-electron chi connectivity index (χ1n) is 13.8. The fraction of sp³-hybridized carbons (Fsp3) is 0.724. The summed E-state index contributed by atoms with van der Waals surface area (Å²) in [5, 5.41) is 8.97. The van der Waals surface area contributed by atoms with Gasteiger partial charge in [0.2, 0.25) is 0 Å². The molecule has 1 aromatic heterocycles. The van der Waals surface area contributed by atoms with Crippen molar-refractivity contribution in [2.75, 3.05) is 13.1 Å². The molecule has 0 spiro atoms. The molecule has 182 valence electrons. The minimum atomic E-state index is 0.419. The minimum absolute atomic E-state index is 0.419. The molecule has 0 bridgehead atoms. The van der Waals surface area contributed by atoms with E-state index in [9.17, 15) is 0 Å². The van der Waals surface area contributed by atoms with E-state index < -0.39 is 0 Å². The molecule has 2 aromatic rings. The molecule has 3 atom stereocenters. The van der Waals surface area contributed by atoms with Crippen molar-refractivity contribution in [2.45, 2.75) is 116 Å². The van der Waals surface area contributed by atoms with Gasteiger partial charge in [-0.1, -0.05) is 70.4 Å². The summed E-state index contributed by atoms with van der Waals surface area (Å²) >= 11 is 0. The van der Waals surface area contributed by atoms with Crippen LogP contribution in [0.3, 0.4) is 0 Å². The number of hydrogen-bond donors (Lipinski definition) is 0. The Morgan fingerprint density at radius 3 is 2.42 bits per heavy atom. The van der Waals surface area contributed by atoms with Crippen LogP contribution in [0.2, 0.25) is 0 Å². The van der Waals surface area contributed by atoms with Gasteiger partial charge in [0, 0.05) is 18.0 Å². The maximum absolute atomic E-state index is 4.52. The predicted molar refractivity (Wildman–Crippen MR) is 138 cm³/mol. The number of benzene rings is 1. The third-order valence-corrected chi connectivity index (χ3v) is 8.46. The van der Waals surface area contributed by atoms with E-state index in [1.807, 2.05) is 0 Å². The standard InChI is InChI=1S/C29H46N4/c1-5-26(33-23(4)30-31-29(33)22(2)3)21-27-17-12-19-32(27)20-18-28(24-13-8-6-9-14-24)25-15-10-7-11-16-25/h6,8-9,13-14,22,25-28H,5,7,10-12,15-21H2,1-4H3. The van der Waals surface area contributed by atoms with E-state index in [-0.39, 0.29) is 0 Å². The van der Waals surface area contributed by atoms with Gasteiger partial charge in [-0.25, -0.2) is 0 Å². The highest BCUT2D eigenvalue weighted by Gasteiger charge is 2.31. The first kappa shape index (κ1) is 24.4. The Balaban J connectivity index is 1.43. The maximum Gasteiger partial charge on any atom is 0.135 e. The third kappa shape index (κ3) is 5.88. The Kier molecular flexibility index (Phi) is 8.62. The molecule has 0 amide bonds. The predicted octanol–water partition coefficient (Wildman–Crippen LogP) is 7.27. The lowest BCUT2D eigenvalue weighted by molar-refractivity contribution is 0.193. The van der Waals surface area contributed by atoms with Gasteiger partial charge in [0.25, 0.3) is 0 Å². The fourth-order valence-corrected chi connectivity index (χ4v) is 6.67. The van der Waals surface area contributed by atoms with Crippen LogP contribution >= 0.6 is 0 Å². The smallest absolute Gasteiger partial charge is 0.135 e. The van der Waals surface area contributed by atoms with Gasteiger partial charge in [0.05, 0.1) is 0 Å². The summed E-state index contributed by atoms with van der Waals surface area (Å²) in [4.78, 5) is 2.83. The zero-order chi connectivity index (χ0) is 23.2. The number of aromatic nitrogens is 3. The van der Waals surface area contributed by atoms with Crippen molar-refractivity contribution in [3.8, 4) is 0 Å². The van der Waals surface area contributed by atoms with Crippen molar-refractivity contribution >= 4 is 0 Å². The Morgan fingerprint density at radius 1 is 0.970 bits per heavy atom. The second-order valence-corrected chi connectivity index (χ2v) is 11.0. The van der Waals surface area contributed by atoms with Crippen LogP contribution in [0.1, 0.15) is 120 Å². The summed E-state index contributed by atoms with van der Waals surface area (Å²) in [6.45, 7) is 11.5. The monoisotopic (exact) mass is 450 g/mol. The first-order chi connectivity index (χ1) is 16.1. The van der Waals surface area contributed by atoms with Crippen LogP contribution in [0.4, 0.5) is 0 Å². The van der Waals surface area contributed by atoms with Crippen molar-refractivity contribution in [3.63, 3.8) is 0 Å². The van der Waals surface area contributed by atoms with Crippen LogP contribution in [0.15, 0.2) is 30.3 Å². The van der Waals surface area contributed by atoms with E-state index in [0.717, 1.165) is 29.9 Å². The number of aryl methyl sites for hydroxylation is 1. The molecule has 0 N–H and O–H groups in total. The highest BCUT2D eigenvalue weighted by Crippen LogP contribution is 2.39. The first-order valence-corrected chi connectivity index (χ1v) is 13.8. The third-order valence-electron chi connectivity index (χ3n) is 8.46. The Hall–Kier alpha value is -1.68. The van der Waals surface area contributed by atoms with Crippen LogP contribution in [0, 0.1) is 12.8 Å². The van der Waals surface area contributed by atoms with Crippen molar-refractivity contribution in [1.82, 2.24) is 19.7 Å². The van der Waals surface area contributed by atoms with Gasteiger partial charge < -0.3 is 9.47 Å². The van der Waals surface area contributed by atoms with Gasteiger partial charge in [0.15, 0.2) is 0 Å². The molecular formula is C29H46N4. The highest BCUT2D eigenvalue weighted by molar-refractivity contribution is 5.20. The summed E-state index contributed by atoms with van der Waals surface area (Å²) in [6, 6.07) is 12.6. The molecule has 3 unspecified atom stereocenters. The highest BCUT2D eigenvalue weighted by atomic mass is 15.3. The average molecular weight is 451 g/mol. The SMILES string of the molecule is CCC(CC1CCCN1CCC(c1ccccc1)C1CCCCC1)n1c(C)nnc1C(C)C. The largest absolute Gasteiger partial charge is 0.312 e. The van der Waals surface area contributed by atoms with Crippen molar-refractivity contribution in [2.24, 2.45) is 5.92 Å². The number of nitrogens with zero attached hydrogens (tertiary/aromatic N) is 4. The maximum atomic E-state index is 4.52. The summed E-state index contributed by atoms with van der Waals surface area (Å²) in [5.41, 5.74) is 1.58. The van der Waals surface area contributed by atoms with Crippen LogP contribution in [0.5, 0.6) is 0 Å². The van der Waals surface area contributed by atoms with E-state index in [1.165, 1.54) is 70.9 Å². The molecule has 1 saturated carbocycles. The summed E-state index contributed by atoms with van der Waals surface area (Å²) < 4.78 is 2.45.